The second-order valence-corrected chi connectivity index (χ2v) is 1.34. The molecule has 0 saturated heterocycles. The molecule has 7 heteroatoms. The Bertz CT molecular complexity index is 57.8. The second kappa shape index (κ2) is 5.43. The van der Waals surface area contributed by atoms with E-state index in [0.717, 1.165) is 0 Å². The smallest absolute Gasteiger partial charge is 0 e. The van der Waals surface area contributed by atoms with E-state index in [0.29, 0.717) is 0 Å². The summed E-state index contributed by atoms with van der Waals surface area (Å²) < 4.78 is 8.55. The minimum atomic E-state index is -5.39. The topological polar surface area (TPSA) is 86.2 Å². The van der Waals surface area contributed by atoms with Gasteiger partial charge in [-0.1, -0.05) is 0 Å². The Morgan fingerprint density at radius 2 is 1.14 bits per heavy atom. The van der Waals surface area contributed by atoms with Gasteiger partial charge in [-0.05, 0) is 0 Å². The third kappa shape index (κ3) is 122. The molecule has 0 aliphatic carbocycles. The van der Waals surface area contributed by atoms with Gasteiger partial charge in [0.1, 0.15) is 0 Å². The number of phosphoric acid groups is 1. The molecule has 2 radical (unpaired) electrons. The molecule has 0 aromatic rings. The first-order chi connectivity index (χ1) is 2.00. The monoisotopic (exact) mass is 153 g/mol. The van der Waals surface area contributed by atoms with E-state index in [1.807, 2.05) is 0 Å². The first kappa shape index (κ1) is 15.7. The fourth-order valence-corrected chi connectivity index (χ4v) is 0. The molecule has 7 heavy (non-hydrogen) atoms. The Kier molecular flexibility index (Phi) is 12.2. The van der Waals surface area contributed by atoms with Crippen molar-refractivity contribution in [2.24, 2.45) is 0 Å². The molecule has 4 nitrogen and oxygen atoms in total. The molecule has 0 unspecified atom stereocenters. The summed E-state index contributed by atoms with van der Waals surface area (Å²) in [5.74, 6) is 0. The van der Waals surface area contributed by atoms with Gasteiger partial charge in [0.2, 0.25) is 0 Å². The van der Waals surface area contributed by atoms with E-state index in [-0.39, 0.29) is 37.4 Å². The Labute approximate surface area is 64.6 Å². The van der Waals surface area contributed by atoms with Crippen LogP contribution in [0.5, 0.6) is 0 Å². The van der Waals surface area contributed by atoms with Crippen molar-refractivity contribution >= 4 is 26.7 Å². The van der Waals surface area contributed by atoms with Crippen LogP contribution in [0.15, 0.2) is 0 Å². The summed E-state index contributed by atoms with van der Waals surface area (Å²) in [4.78, 5) is 25.6. The molecular formula is LiO4PV-3. The Morgan fingerprint density at radius 1 is 1.14 bits per heavy atom. The van der Waals surface area contributed by atoms with Crippen molar-refractivity contribution in [3.8, 4) is 0 Å². The first-order valence-electron chi connectivity index (χ1n) is 0.730. The van der Waals surface area contributed by atoms with Gasteiger partial charge in [0.25, 0.3) is 0 Å². The van der Waals surface area contributed by atoms with E-state index in [1.165, 1.54) is 0 Å². The van der Waals surface area contributed by atoms with E-state index in [1.54, 1.807) is 0 Å². The van der Waals surface area contributed by atoms with Crippen LogP contribution in [0.1, 0.15) is 0 Å². The van der Waals surface area contributed by atoms with Crippen LogP contribution < -0.4 is 14.7 Å². The third-order valence-corrected chi connectivity index (χ3v) is 0. The summed E-state index contributed by atoms with van der Waals surface area (Å²) in [5.41, 5.74) is 0. The number of hydrogen-bond acceptors (Lipinski definition) is 4. The molecule has 0 N–H and O–H groups in total. The summed E-state index contributed by atoms with van der Waals surface area (Å²) >= 11 is 0. The van der Waals surface area contributed by atoms with Gasteiger partial charge in [0.15, 0.2) is 0 Å². The molecule has 0 aromatic carbocycles. The first-order valence-corrected chi connectivity index (χ1v) is 2.19. The van der Waals surface area contributed by atoms with Crippen molar-refractivity contribution in [1.29, 1.82) is 0 Å². The van der Waals surface area contributed by atoms with Crippen LogP contribution in [0.3, 0.4) is 0 Å². The third-order valence-electron chi connectivity index (χ3n) is 0. The molecule has 0 rings (SSSR count). The zero-order valence-electron chi connectivity index (χ0n) is 3.53. The van der Waals surface area contributed by atoms with Crippen LogP contribution in [0.4, 0.5) is 0 Å². The van der Waals surface area contributed by atoms with Gasteiger partial charge < -0.3 is 19.2 Å². The van der Waals surface area contributed by atoms with Crippen molar-refractivity contribution in [2.75, 3.05) is 0 Å². The van der Waals surface area contributed by atoms with Crippen molar-refractivity contribution in [1.82, 2.24) is 0 Å². The molecule has 0 aromatic heterocycles. The van der Waals surface area contributed by atoms with Crippen LogP contribution >= 0.6 is 7.82 Å². The van der Waals surface area contributed by atoms with E-state index in [9.17, 15) is 0 Å². The van der Waals surface area contributed by atoms with Gasteiger partial charge in [0.05, 0.1) is 0 Å². The molecule has 0 aliphatic heterocycles. The summed E-state index contributed by atoms with van der Waals surface area (Å²) in [6, 6.07) is 0. The molecule has 0 atom stereocenters. The number of hydrogen-bond donors (Lipinski definition) is 0. The summed E-state index contributed by atoms with van der Waals surface area (Å²) in [6.07, 6.45) is 0. The van der Waals surface area contributed by atoms with Crippen LogP contribution in [-0.2, 0) is 23.1 Å². The van der Waals surface area contributed by atoms with E-state index >= 15 is 0 Å². The molecule has 0 bridgehead atoms. The Hall–Kier alpha value is 1.29. The molecule has 0 heterocycles. The quantitative estimate of drug-likeness (QED) is 0.270. The van der Waals surface area contributed by atoms with Gasteiger partial charge >= 0.3 is 0 Å². The summed E-state index contributed by atoms with van der Waals surface area (Å²) in [5, 5.41) is 0. The van der Waals surface area contributed by atoms with Gasteiger partial charge in [-0.2, -0.15) is 7.82 Å². The second-order valence-electron chi connectivity index (χ2n) is 0.447. The zero-order chi connectivity index (χ0) is 4.50. The van der Waals surface area contributed by atoms with Gasteiger partial charge in [-0.15, -0.1) is 0 Å². The Morgan fingerprint density at radius 3 is 1.14 bits per heavy atom. The predicted octanol–water partition coefficient (Wildman–Crippen LogP) is -3.21. The predicted molar refractivity (Wildman–Crippen MR) is 13.4 cm³/mol. The zero-order valence-corrected chi connectivity index (χ0v) is 5.82. The maximum atomic E-state index is 8.55. The van der Waals surface area contributed by atoms with Crippen LogP contribution in [0.25, 0.3) is 0 Å². The fraction of sp³-hybridized carbons (Fsp3) is 0. The van der Waals surface area contributed by atoms with Gasteiger partial charge in [-0.3, -0.25) is 0 Å². The largest absolute Gasteiger partial charge is 0.822 e. The van der Waals surface area contributed by atoms with Crippen LogP contribution in [0.2, 0.25) is 0 Å². The van der Waals surface area contributed by atoms with Crippen molar-refractivity contribution in [2.45, 2.75) is 0 Å². The minimum Gasteiger partial charge on any atom is -0.822 e. The minimum absolute atomic E-state index is 0. The molecule has 0 spiro atoms. The summed E-state index contributed by atoms with van der Waals surface area (Å²) in [7, 11) is -5.39. The molecular weight excluding hydrogens is 153 g/mol. The molecule has 0 fully saturated rings. The fourth-order valence-electron chi connectivity index (χ4n) is 0. The van der Waals surface area contributed by atoms with Crippen molar-refractivity contribution < 1.29 is 37.8 Å². The average Bonchev–Trinajstić information content (AvgIpc) is 0.722. The normalized spacial score (nSPS) is 8.43. The van der Waals surface area contributed by atoms with Gasteiger partial charge in [-0.25, -0.2) is 0 Å². The molecule has 0 amide bonds. The standard InChI is InChI=1S/Li.H3O4P.V/c;1-5(2,3)4;/h;(H3,1,2,3,4);/p-3. The summed E-state index contributed by atoms with van der Waals surface area (Å²) in [6.45, 7) is 0. The Balaban J connectivity index is -0.0000000800. The van der Waals surface area contributed by atoms with E-state index < -0.39 is 7.82 Å². The van der Waals surface area contributed by atoms with Gasteiger partial charge in [0, 0.05) is 37.4 Å². The maximum Gasteiger partial charge on any atom is 0 e. The van der Waals surface area contributed by atoms with E-state index in [2.05, 4.69) is 0 Å². The molecule has 0 saturated carbocycles. The van der Waals surface area contributed by atoms with Crippen LogP contribution in [0, 0.1) is 0 Å². The van der Waals surface area contributed by atoms with Crippen molar-refractivity contribution in [3.63, 3.8) is 0 Å². The number of rotatable bonds is 0. The van der Waals surface area contributed by atoms with Crippen LogP contribution in [-0.4, -0.2) is 18.9 Å². The molecule has 0 aliphatic rings. The molecule has 38 valence electrons. The SMILES string of the molecule is O=P([O-])([O-])[O-].[Li].[V]. The maximum absolute atomic E-state index is 8.55. The average molecular weight is 153 g/mol. The van der Waals surface area contributed by atoms with E-state index in [4.69, 9.17) is 19.2 Å². The van der Waals surface area contributed by atoms with Crippen molar-refractivity contribution in [3.05, 3.63) is 0 Å².